The molecule has 2 heterocycles. The number of nitriles is 1. The van der Waals surface area contributed by atoms with Gasteiger partial charge >= 0.3 is 0 Å². The van der Waals surface area contributed by atoms with Crippen LogP contribution in [0.2, 0.25) is 0 Å². The number of carbonyl (C=O) groups excluding carboxylic acids is 1. The highest BCUT2D eigenvalue weighted by Crippen LogP contribution is 2.18. The van der Waals surface area contributed by atoms with Crippen LogP contribution < -0.4 is 5.56 Å². The first kappa shape index (κ1) is 13.6. The Morgan fingerprint density at radius 1 is 1.45 bits per heavy atom. The van der Waals surface area contributed by atoms with Crippen molar-refractivity contribution < 1.29 is 9.18 Å². The van der Waals surface area contributed by atoms with Crippen molar-refractivity contribution in [2.75, 3.05) is 0 Å². The lowest BCUT2D eigenvalue weighted by Crippen LogP contribution is -2.17. The molecule has 2 aromatic rings. The van der Waals surface area contributed by atoms with E-state index in [0.717, 1.165) is 18.3 Å². The molecular weight excluding hydrogens is 261 g/mol. The fourth-order valence-corrected chi connectivity index (χ4v) is 1.81. The molecule has 1 N–H and O–H groups in total. The van der Waals surface area contributed by atoms with Gasteiger partial charge in [-0.1, -0.05) is 0 Å². The first-order valence-electron chi connectivity index (χ1n) is 5.77. The summed E-state index contributed by atoms with van der Waals surface area (Å²) in [6.07, 6.45) is 0.940. The molecule has 100 valence electrons. The average molecular weight is 271 g/mol. The van der Waals surface area contributed by atoms with E-state index >= 15 is 0 Å². The molecule has 1 unspecified atom stereocenters. The van der Waals surface area contributed by atoms with Crippen molar-refractivity contribution >= 4 is 5.78 Å². The summed E-state index contributed by atoms with van der Waals surface area (Å²) in [5.41, 5.74) is 0.377. The number of aromatic amines is 1. The standard InChI is InChI=1S/C14H10FN3O2/c1-8-4-9(5-13(19)18-8)14(20)11(6-16)12-3-2-10(15)7-17-12/h2-5,7,11H,1H3,(H,18,19). The number of nitrogens with zero attached hydrogens (tertiary/aromatic N) is 2. The number of halogens is 1. The van der Waals surface area contributed by atoms with Crippen molar-refractivity contribution in [3.63, 3.8) is 0 Å². The predicted octanol–water partition coefficient (Wildman–Crippen LogP) is 1.71. The van der Waals surface area contributed by atoms with Crippen molar-refractivity contribution in [1.82, 2.24) is 9.97 Å². The Bertz CT molecular complexity index is 744. The van der Waals surface area contributed by atoms with E-state index in [1.165, 1.54) is 12.1 Å². The number of H-pyrrole nitrogens is 1. The van der Waals surface area contributed by atoms with Crippen LogP contribution in [0.5, 0.6) is 0 Å². The summed E-state index contributed by atoms with van der Waals surface area (Å²) in [5.74, 6) is -2.26. The van der Waals surface area contributed by atoms with Crippen LogP contribution in [0.25, 0.3) is 0 Å². The van der Waals surface area contributed by atoms with Gasteiger partial charge in [-0.05, 0) is 25.1 Å². The van der Waals surface area contributed by atoms with Crippen molar-refractivity contribution in [2.45, 2.75) is 12.8 Å². The second-order valence-electron chi connectivity index (χ2n) is 4.24. The lowest BCUT2D eigenvalue weighted by Gasteiger charge is -2.08. The lowest BCUT2D eigenvalue weighted by molar-refractivity contribution is 0.0977. The van der Waals surface area contributed by atoms with Gasteiger partial charge in [0.05, 0.1) is 18.0 Å². The van der Waals surface area contributed by atoms with E-state index in [-0.39, 0.29) is 11.3 Å². The summed E-state index contributed by atoms with van der Waals surface area (Å²) < 4.78 is 12.8. The van der Waals surface area contributed by atoms with Gasteiger partial charge in [-0.2, -0.15) is 5.26 Å². The van der Waals surface area contributed by atoms with Crippen LogP contribution in [0.4, 0.5) is 4.39 Å². The van der Waals surface area contributed by atoms with E-state index in [9.17, 15) is 14.0 Å². The van der Waals surface area contributed by atoms with Gasteiger partial charge in [0.25, 0.3) is 0 Å². The Hall–Kier alpha value is -2.81. The third-order valence-corrected chi connectivity index (χ3v) is 2.70. The molecule has 0 aliphatic carbocycles. The fraction of sp³-hybridized carbons (Fsp3) is 0.143. The van der Waals surface area contributed by atoms with Gasteiger partial charge in [-0.15, -0.1) is 0 Å². The number of rotatable bonds is 3. The first-order valence-corrected chi connectivity index (χ1v) is 5.77. The molecule has 0 radical (unpaired) electrons. The average Bonchev–Trinajstić information content (AvgIpc) is 2.40. The number of nitrogens with one attached hydrogen (secondary N) is 1. The van der Waals surface area contributed by atoms with Crippen LogP contribution >= 0.6 is 0 Å². The minimum absolute atomic E-state index is 0.129. The quantitative estimate of drug-likeness (QED) is 0.861. The highest BCUT2D eigenvalue weighted by atomic mass is 19.1. The number of carbonyl (C=O) groups is 1. The smallest absolute Gasteiger partial charge is 0.248 e. The molecular formula is C14H10FN3O2. The third kappa shape index (κ3) is 2.78. The van der Waals surface area contributed by atoms with Crippen LogP contribution in [-0.4, -0.2) is 15.8 Å². The monoisotopic (exact) mass is 271 g/mol. The Kier molecular flexibility index (Phi) is 3.71. The van der Waals surface area contributed by atoms with Gasteiger partial charge in [-0.25, -0.2) is 4.39 Å². The summed E-state index contributed by atoms with van der Waals surface area (Å²) in [7, 11) is 0. The largest absolute Gasteiger partial charge is 0.326 e. The number of hydrogen-bond acceptors (Lipinski definition) is 4. The highest BCUT2D eigenvalue weighted by molar-refractivity contribution is 6.02. The van der Waals surface area contributed by atoms with E-state index in [0.29, 0.717) is 5.69 Å². The third-order valence-electron chi connectivity index (χ3n) is 2.70. The second-order valence-corrected chi connectivity index (χ2v) is 4.24. The number of ketones is 1. The molecule has 0 amide bonds. The van der Waals surface area contributed by atoms with Crippen LogP contribution in [0.15, 0.2) is 35.3 Å². The van der Waals surface area contributed by atoms with E-state index in [4.69, 9.17) is 5.26 Å². The van der Waals surface area contributed by atoms with Gasteiger partial charge in [0.2, 0.25) is 5.56 Å². The van der Waals surface area contributed by atoms with Crippen molar-refractivity contribution in [2.24, 2.45) is 0 Å². The zero-order valence-corrected chi connectivity index (χ0v) is 10.6. The summed E-state index contributed by atoms with van der Waals surface area (Å²) in [6.45, 7) is 1.63. The number of pyridine rings is 2. The van der Waals surface area contributed by atoms with Crippen LogP contribution in [0, 0.1) is 24.1 Å². The van der Waals surface area contributed by atoms with Crippen molar-refractivity contribution in [1.29, 1.82) is 5.26 Å². The molecule has 6 heteroatoms. The molecule has 0 aliphatic rings. The SMILES string of the molecule is Cc1cc(C(=O)C(C#N)c2ccc(F)cn2)cc(=O)[nH]1. The molecule has 0 spiro atoms. The zero-order chi connectivity index (χ0) is 14.7. The maximum absolute atomic E-state index is 12.8. The topological polar surface area (TPSA) is 86.6 Å². The minimum Gasteiger partial charge on any atom is -0.326 e. The Balaban J connectivity index is 2.42. The zero-order valence-electron chi connectivity index (χ0n) is 10.6. The van der Waals surface area contributed by atoms with E-state index in [2.05, 4.69) is 9.97 Å². The Labute approximate surface area is 113 Å². The Morgan fingerprint density at radius 3 is 2.75 bits per heavy atom. The molecule has 5 nitrogen and oxygen atoms in total. The number of Topliss-reactive ketones (excluding diaryl/α,β-unsaturated/α-hetero) is 1. The normalized spacial score (nSPS) is 11.7. The van der Waals surface area contributed by atoms with Crippen LogP contribution in [-0.2, 0) is 0 Å². The van der Waals surface area contributed by atoms with Gasteiger partial charge in [0.15, 0.2) is 11.7 Å². The van der Waals surface area contributed by atoms with E-state index in [1.54, 1.807) is 6.92 Å². The lowest BCUT2D eigenvalue weighted by atomic mass is 9.95. The summed E-state index contributed by atoms with van der Waals surface area (Å²) in [5, 5.41) is 9.13. The molecule has 20 heavy (non-hydrogen) atoms. The number of hydrogen-bond donors (Lipinski definition) is 1. The predicted molar refractivity (Wildman–Crippen MR) is 68.7 cm³/mol. The molecule has 0 saturated carbocycles. The second kappa shape index (κ2) is 5.45. The summed E-state index contributed by atoms with van der Waals surface area (Å²) in [6, 6.07) is 6.85. The number of aromatic nitrogens is 2. The molecule has 2 aromatic heterocycles. The summed E-state index contributed by atoms with van der Waals surface area (Å²) in [4.78, 5) is 29.9. The fourth-order valence-electron chi connectivity index (χ4n) is 1.81. The molecule has 1 atom stereocenters. The molecule has 0 aliphatic heterocycles. The van der Waals surface area contributed by atoms with Crippen LogP contribution in [0.1, 0.15) is 27.7 Å². The molecule has 0 saturated heterocycles. The highest BCUT2D eigenvalue weighted by Gasteiger charge is 2.23. The first-order chi connectivity index (χ1) is 9.51. The van der Waals surface area contributed by atoms with Gasteiger partial charge in [0, 0.05) is 17.3 Å². The maximum atomic E-state index is 12.8. The molecule has 0 aromatic carbocycles. The van der Waals surface area contributed by atoms with E-state index < -0.39 is 23.1 Å². The molecule has 0 bridgehead atoms. The molecule has 2 rings (SSSR count). The summed E-state index contributed by atoms with van der Waals surface area (Å²) >= 11 is 0. The van der Waals surface area contributed by atoms with Gasteiger partial charge in [-0.3, -0.25) is 14.6 Å². The van der Waals surface area contributed by atoms with Crippen molar-refractivity contribution in [3.05, 3.63) is 63.6 Å². The number of aryl methyl sites for hydroxylation is 1. The maximum Gasteiger partial charge on any atom is 0.248 e. The van der Waals surface area contributed by atoms with E-state index in [1.807, 2.05) is 6.07 Å². The molecule has 0 fully saturated rings. The van der Waals surface area contributed by atoms with Crippen molar-refractivity contribution in [3.8, 4) is 6.07 Å². The Morgan fingerprint density at radius 2 is 2.20 bits per heavy atom. The van der Waals surface area contributed by atoms with Gasteiger partial charge in [0.1, 0.15) is 5.82 Å². The van der Waals surface area contributed by atoms with Gasteiger partial charge < -0.3 is 4.98 Å². The minimum atomic E-state index is -1.17. The van der Waals surface area contributed by atoms with Crippen LogP contribution in [0.3, 0.4) is 0 Å².